The van der Waals surface area contributed by atoms with Crippen LogP contribution in [0.2, 0.25) is 0 Å². The molecule has 1 atom stereocenters. The highest BCUT2D eigenvalue weighted by Gasteiger charge is 2.33. The highest BCUT2D eigenvalue weighted by Crippen LogP contribution is 2.27. The van der Waals surface area contributed by atoms with Gasteiger partial charge in [-0.1, -0.05) is 6.92 Å². The maximum atomic E-state index is 11.8. The number of nitrogens with zero attached hydrogens (tertiary/aromatic N) is 2. The molecule has 1 heterocycles. The van der Waals surface area contributed by atoms with E-state index in [-0.39, 0.29) is 17.8 Å². The second-order valence-electron chi connectivity index (χ2n) is 4.58. The molecule has 2 rings (SSSR count). The minimum absolute atomic E-state index is 0.0742. The number of nitro groups is 1. The van der Waals surface area contributed by atoms with Gasteiger partial charge in [0.2, 0.25) is 11.8 Å². The normalized spacial score (nSPS) is 18.3. The van der Waals surface area contributed by atoms with Crippen molar-refractivity contribution in [2.45, 2.75) is 19.4 Å². The average Bonchev–Trinajstić information content (AvgIpc) is 2.45. The lowest BCUT2D eigenvalue weighted by atomic mass is 10.1. The number of rotatable bonds is 4. The zero-order chi connectivity index (χ0) is 15.6. The van der Waals surface area contributed by atoms with Gasteiger partial charge in [-0.2, -0.15) is 0 Å². The van der Waals surface area contributed by atoms with Gasteiger partial charge in [0.05, 0.1) is 11.5 Å². The van der Waals surface area contributed by atoms with Crippen LogP contribution >= 0.6 is 0 Å². The molecule has 0 aromatic heterocycles. The molecular formula is C13H13N3O5. The third-order valence-corrected chi connectivity index (χ3v) is 3.30. The van der Waals surface area contributed by atoms with E-state index in [4.69, 9.17) is 0 Å². The van der Waals surface area contributed by atoms with Crippen molar-refractivity contribution in [1.82, 2.24) is 5.32 Å². The average molecular weight is 291 g/mol. The largest absolute Gasteiger partial charge is 0.350 e. The minimum Gasteiger partial charge on any atom is -0.350 e. The predicted molar refractivity (Wildman–Crippen MR) is 73.1 cm³/mol. The summed E-state index contributed by atoms with van der Waals surface area (Å²) >= 11 is 0. The summed E-state index contributed by atoms with van der Waals surface area (Å²) in [6, 6.07) is 3.16. The molecule has 21 heavy (non-hydrogen) atoms. The molecule has 0 radical (unpaired) electrons. The maximum Gasteiger partial charge on any atom is 0.270 e. The Hall–Kier alpha value is -2.77. The van der Waals surface area contributed by atoms with Crippen molar-refractivity contribution in [2.24, 2.45) is 0 Å². The molecule has 1 unspecified atom stereocenters. The van der Waals surface area contributed by atoms with Crippen molar-refractivity contribution in [3.8, 4) is 0 Å². The fraction of sp³-hybridized carbons (Fsp3) is 0.308. The summed E-state index contributed by atoms with van der Waals surface area (Å²) < 4.78 is 0. The maximum absolute atomic E-state index is 11.8. The van der Waals surface area contributed by atoms with Crippen LogP contribution in [0.4, 0.5) is 11.4 Å². The summed E-state index contributed by atoms with van der Waals surface area (Å²) in [4.78, 5) is 46.1. The summed E-state index contributed by atoms with van der Waals surface area (Å²) in [5.41, 5.74) is 0.192. The van der Waals surface area contributed by atoms with E-state index in [9.17, 15) is 24.5 Å². The van der Waals surface area contributed by atoms with Gasteiger partial charge in [-0.3, -0.25) is 29.8 Å². The molecule has 1 aromatic rings. The van der Waals surface area contributed by atoms with E-state index >= 15 is 0 Å². The lowest BCUT2D eigenvalue weighted by molar-refractivity contribution is -0.384. The lowest BCUT2D eigenvalue weighted by Crippen LogP contribution is -2.58. The van der Waals surface area contributed by atoms with Gasteiger partial charge in [0, 0.05) is 23.4 Å². The number of aldehydes is 1. The van der Waals surface area contributed by atoms with E-state index in [0.717, 1.165) is 6.07 Å². The number of non-ortho nitro benzene ring substituents is 1. The number of benzene rings is 1. The van der Waals surface area contributed by atoms with Crippen LogP contribution in [0.15, 0.2) is 18.2 Å². The number of carbonyl (C=O) groups excluding carboxylic acids is 3. The molecular weight excluding hydrogens is 278 g/mol. The molecule has 8 heteroatoms. The number of hydrogen-bond donors (Lipinski definition) is 1. The summed E-state index contributed by atoms with van der Waals surface area (Å²) in [5, 5.41) is 13.0. The highest BCUT2D eigenvalue weighted by molar-refractivity contribution is 6.05. The van der Waals surface area contributed by atoms with Crippen LogP contribution in [0.3, 0.4) is 0 Å². The third-order valence-electron chi connectivity index (χ3n) is 3.30. The Kier molecular flexibility index (Phi) is 3.97. The Morgan fingerprint density at radius 1 is 1.48 bits per heavy atom. The van der Waals surface area contributed by atoms with E-state index < -0.39 is 22.8 Å². The first-order valence-electron chi connectivity index (χ1n) is 6.32. The number of imide groups is 1. The molecule has 110 valence electrons. The van der Waals surface area contributed by atoms with Crippen LogP contribution in [0.1, 0.15) is 23.7 Å². The first-order chi connectivity index (χ1) is 9.97. The van der Waals surface area contributed by atoms with Crippen LogP contribution in [-0.2, 0) is 9.59 Å². The Balaban J connectivity index is 2.48. The Morgan fingerprint density at radius 2 is 2.19 bits per heavy atom. The molecule has 0 spiro atoms. The third kappa shape index (κ3) is 2.73. The molecule has 8 nitrogen and oxygen atoms in total. The quantitative estimate of drug-likeness (QED) is 0.377. The molecule has 0 bridgehead atoms. The first-order valence-corrected chi connectivity index (χ1v) is 6.32. The van der Waals surface area contributed by atoms with Crippen molar-refractivity contribution in [1.29, 1.82) is 0 Å². The molecule has 0 saturated carbocycles. The minimum atomic E-state index is -0.609. The zero-order valence-electron chi connectivity index (χ0n) is 11.2. The molecule has 1 aliphatic heterocycles. The van der Waals surface area contributed by atoms with E-state index in [1.54, 1.807) is 6.92 Å². The monoisotopic (exact) mass is 291 g/mol. The Bertz CT molecular complexity index is 628. The van der Waals surface area contributed by atoms with Gasteiger partial charge in [-0.25, -0.2) is 0 Å². The van der Waals surface area contributed by atoms with Gasteiger partial charge in [-0.15, -0.1) is 0 Å². The Morgan fingerprint density at radius 3 is 2.76 bits per heavy atom. The van der Waals surface area contributed by atoms with Crippen LogP contribution in [0.25, 0.3) is 0 Å². The first kappa shape index (κ1) is 14.6. The van der Waals surface area contributed by atoms with Gasteiger partial charge < -0.3 is 4.90 Å². The van der Waals surface area contributed by atoms with E-state index in [1.807, 2.05) is 0 Å². The van der Waals surface area contributed by atoms with Crippen molar-refractivity contribution in [2.75, 3.05) is 11.4 Å². The summed E-state index contributed by atoms with van der Waals surface area (Å²) in [6.07, 6.45) is 0.917. The molecule has 1 aromatic carbocycles. The van der Waals surface area contributed by atoms with Crippen molar-refractivity contribution >= 4 is 29.5 Å². The summed E-state index contributed by atoms with van der Waals surface area (Å²) in [7, 11) is 0. The molecule has 2 amide bonds. The Labute approximate surface area is 119 Å². The van der Waals surface area contributed by atoms with E-state index in [1.165, 1.54) is 17.0 Å². The van der Waals surface area contributed by atoms with E-state index in [0.29, 0.717) is 18.4 Å². The SMILES string of the molecule is CCC1C(=O)NC(=O)CN1c1ccc([N+](=O)[O-])cc1C=O. The van der Waals surface area contributed by atoms with Crippen LogP contribution in [0, 0.1) is 10.1 Å². The highest BCUT2D eigenvalue weighted by atomic mass is 16.6. The molecule has 1 saturated heterocycles. The van der Waals surface area contributed by atoms with Gasteiger partial charge in [0.1, 0.15) is 6.04 Å². The van der Waals surface area contributed by atoms with Crippen LogP contribution in [-0.4, -0.2) is 35.6 Å². The number of anilines is 1. The topological polar surface area (TPSA) is 110 Å². The van der Waals surface area contributed by atoms with Crippen molar-refractivity contribution in [3.05, 3.63) is 33.9 Å². The second kappa shape index (κ2) is 5.70. The number of piperazine rings is 1. The second-order valence-corrected chi connectivity index (χ2v) is 4.58. The molecule has 0 aliphatic carbocycles. The predicted octanol–water partition coefficient (Wildman–Crippen LogP) is 0.649. The van der Waals surface area contributed by atoms with Crippen LogP contribution in [0.5, 0.6) is 0 Å². The molecule has 1 fully saturated rings. The standard InChI is InChI=1S/C13H13N3O5/c1-2-10-13(19)14-12(18)6-15(10)11-4-3-9(16(20)21)5-8(11)7-17/h3-5,7,10H,2,6H2,1H3,(H,14,18,19). The number of carbonyl (C=O) groups is 3. The number of hydrogen-bond acceptors (Lipinski definition) is 6. The summed E-state index contributed by atoms with van der Waals surface area (Å²) in [5.74, 6) is -0.913. The summed E-state index contributed by atoms with van der Waals surface area (Å²) in [6.45, 7) is 1.70. The molecule has 1 aliphatic rings. The van der Waals surface area contributed by atoms with Gasteiger partial charge in [0.15, 0.2) is 6.29 Å². The lowest BCUT2D eigenvalue weighted by Gasteiger charge is -2.35. The van der Waals surface area contributed by atoms with E-state index in [2.05, 4.69) is 5.32 Å². The molecule has 1 N–H and O–H groups in total. The number of nitrogens with one attached hydrogen (secondary N) is 1. The number of nitro benzene ring substituents is 1. The van der Waals surface area contributed by atoms with Gasteiger partial charge in [0.25, 0.3) is 5.69 Å². The van der Waals surface area contributed by atoms with Crippen molar-refractivity contribution in [3.63, 3.8) is 0 Å². The van der Waals surface area contributed by atoms with Gasteiger partial charge >= 0.3 is 0 Å². The smallest absolute Gasteiger partial charge is 0.270 e. The van der Waals surface area contributed by atoms with Crippen molar-refractivity contribution < 1.29 is 19.3 Å². The fourth-order valence-corrected chi connectivity index (χ4v) is 2.34. The van der Waals surface area contributed by atoms with Crippen LogP contribution < -0.4 is 10.2 Å². The number of amides is 2. The van der Waals surface area contributed by atoms with Gasteiger partial charge in [-0.05, 0) is 12.5 Å². The fourth-order valence-electron chi connectivity index (χ4n) is 2.34. The zero-order valence-corrected chi connectivity index (χ0v) is 11.2.